The van der Waals surface area contributed by atoms with E-state index in [-0.39, 0.29) is 42.7 Å². The Labute approximate surface area is 226 Å². The number of hydrogen-bond donors (Lipinski definition) is 3. The van der Waals surface area contributed by atoms with Crippen LogP contribution in [0, 0.1) is 0 Å². The molecule has 8 nitrogen and oxygen atoms in total. The van der Waals surface area contributed by atoms with Crippen LogP contribution in [0.2, 0.25) is 0 Å². The van der Waals surface area contributed by atoms with E-state index < -0.39 is 13.5 Å². The van der Waals surface area contributed by atoms with Gasteiger partial charge in [0.25, 0.3) is 0 Å². The standard InChI is InChI=1S/C29H40N5O3P/c1-21(23-12-5-3-6-13-23)33-26-17-9-10-18-27(26)34(22(2)24-14-7-4-8-15-24)38(33,37)32-28(35)20-31-29(36)25-16-11-19-30-25/h3-8,12-15,21-22,25-27,30H,9-11,16-20H2,1-2H3,(H,31,36)(H,32,35,37)/t21-,22-,25?,26+,27+/m1/s1. The third-order valence-corrected chi connectivity index (χ3v) is 11.5. The Balaban J connectivity index is 1.47. The molecule has 5 atom stereocenters. The molecule has 2 aromatic carbocycles. The van der Waals surface area contributed by atoms with Crippen molar-refractivity contribution in [3.63, 3.8) is 0 Å². The van der Waals surface area contributed by atoms with Crippen molar-refractivity contribution < 1.29 is 14.2 Å². The smallest absolute Gasteiger partial charge is 0.312 e. The van der Waals surface area contributed by atoms with Gasteiger partial charge in [0.15, 0.2) is 0 Å². The molecule has 2 amide bonds. The largest absolute Gasteiger partial charge is 0.346 e. The van der Waals surface area contributed by atoms with Crippen LogP contribution in [0.5, 0.6) is 0 Å². The lowest BCUT2D eigenvalue weighted by Gasteiger charge is -2.38. The number of carbonyl (C=O) groups excluding carboxylic acids is 2. The molecule has 1 saturated carbocycles. The summed E-state index contributed by atoms with van der Waals surface area (Å²) < 4.78 is 19.6. The van der Waals surface area contributed by atoms with Gasteiger partial charge in [0.05, 0.1) is 12.6 Å². The molecule has 0 spiro atoms. The zero-order chi connectivity index (χ0) is 26.7. The minimum atomic E-state index is -3.58. The molecule has 1 aliphatic carbocycles. The summed E-state index contributed by atoms with van der Waals surface area (Å²) in [4.78, 5) is 25.9. The maximum Gasteiger partial charge on any atom is 0.312 e. The Morgan fingerprint density at radius 3 is 1.87 bits per heavy atom. The minimum absolute atomic E-state index is 0.0635. The third-order valence-electron chi connectivity index (χ3n) is 8.43. The average molecular weight is 538 g/mol. The summed E-state index contributed by atoms with van der Waals surface area (Å²) in [6, 6.07) is 19.8. The first kappa shape index (κ1) is 27.1. The molecule has 0 radical (unpaired) electrons. The van der Waals surface area contributed by atoms with Gasteiger partial charge in [-0.1, -0.05) is 73.5 Å². The van der Waals surface area contributed by atoms with E-state index >= 15 is 4.57 Å². The zero-order valence-corrected chi connectivity index (χ0v) is 23.3. The van der Waals surface area contributed by atoms with Crippen LogP contribution in [-0.2, 0) is 14.2 Å². The van der Waals surface area contributed by atoms with E-state index in [4.69, 9.17) is 0 Å². The zero-order valence-electron chi connectivity index (χ0n) is 22.4. The number of nitrogens with one attached hydrogen (secondary N) is 3. The summed E-state index contributed by atoms with van der Waals surface area (Å²) in [5.74, 6) is -0.603. The lowest BCUT2D eigenvalue weighted by Crippen LogP contribution is -2.46. The van der Waals surface area contributed by atoms with Crippen LogP contribution in [0.1, 0.15) is 75.6 Å². The van der Waals surface area contributed by atoms with Crippen molar-refractivity contribution in [2.45, 2.75) is 82.6 Å². The highest BCUT2D eigenvalue weighted by atomic mass is 31.2. The monoisotopic (exact) mass is 537 g/mol. The summed E-state index contributed by atoms with van der Waals surface area (Å²) >= 11 is 0. The van der Waals surface area contributed by atoms with E-state index in [9.17, 15) is 9.59 Å². The summed E-state index contributed by atoms with van der Waals surface area (Å²) in [5, 5.41) is 8.91. The summed E-state index contributed by atoms with van der Waals surface area (Å²) in [6.07, 6.45) is 5.73. The molecule has 5 rings (SSSR count). The second-order valence-corrected chi connectivity index (χ2v) is 13.0. The van der Waals surface area contributed by atoms with Crippen LogP contribution in [0.3, 0.4) is 0 Å². The summed E-state index contributed by atoms with van der Waals surface area (Å²) in [5.41, 5.74) is 2.14. The Kier molecular flexibility index (Phi) is 8.34. The van der Waals surface area contributed by atoms with E-state index in [2.05, 4.69) is 63.2 Å². The summed E-state index contributed by atoms with van der Waals surface area (Å²) in [7, 11) is -3.58. The molecule has 0 bridgehead atoms. The van der Waals surface area contributed by atoms with Gasteiger partial charge in [0.1, 0.15) is 0 Å². The number of carbonyl (C=O) groups is 2. The SMILES string of the molecule is C[C@H](c1ccccc1)N1[C@H]2CCCC[C@@H]2N([C@H](C)c2ccccc2)P1(=O)NC(=O)CNC(=O)C1CCCN1. The van der Waals surface area contributed by atoms with Crippen LogP contribution in [-0.4, -0.2) is 52.4 Å². The van der Waals surface area contributed by atoms with Crippen molar-refractivity contribution in [1.82, 2.24) is 25.1 Å². The second-order valence-electron chi connectivity index (χ2n) is 10.8. The van der Waals surface area contributed by atoms with Gasteiger partial charge in [-0.25, -0.2) is 9.34 Å². The van der Waals surface area contributed by atoms with E-state index in [1.54, 1.807) is 0 Å². The first-order chi connectivity index (χ1) is 18.4. The minimum Gasteiger partial charge on any atom is -0.346 e. The fourth-order valence-electron chi connectivity index (χ4n) is 6.56. The fourth-order valence-corrected chi connectivity index (χ4v) is 9.98. The third kappa shape index (κ3) is 5.32. The van der Waals surface area contributed by atoms with Crippen LogP contribution in [0.25, 0.3) is 0 Å². The molecule has 9 heteroatoms. The molecule has 0 aromatic heterocycles. The molecular weight excluding hydrogens is 497 g/mol. The van der Waals surface area contributed by atoms with Crippen molar-refractivity contribution in [3.8, 4) is 0 Å². The average Bonchev–Trinajstić information content (AvgIpc) is 3.57. The molecule has 2 saturated heterocycles. The Hall–Kier alpha value is -2.51. The molecule has 3 aliphatic rings. The van der Waals surface area contributed by atoms with Crippen LogP contribution in [0.4, 0.5) is 0 Å². The predicted molar refractivity (Wildman–Crippen MR) is 149 cm³/mol. The van der Waals surface area contributed by atoms with Crippen LogP contribution in [0.15, 0.2) is 60.7 Å². The van der Waals surface area contributed by atoms with Crippen molar-refractivity contribution in [3.05, 3.63) is 71.8 Å². The quantitative estimate of drug-likeness (QED) is 0.429. The van der Waals surface area contributed by atoms with Gasteiger partial charge in [0.2, 0.25) is 11.8 Å². The van der Waals surface area contributed by atoms with E-state index in [0.717, 1.165) is 56.2 Å². The number of fused-ring (bicyclic) bond motifs is 1. The molecule has 1 unspecified atom stereocenters. The van der Waals surface area contributed by atoms with Crippen molar-refractivity contribution in [1.29, 1.82) is 0 Å². The number of hydrogen-bond acceptors (Lipinski definition) is 4. The second kappa shape index (κ2) is 11.7. The van der Waals surface area contributed by atoms with E-state index in [0.29, 0.717) is 0 Å². The number of nitrogens with zero attached hydrogens (tertiary/aromatic N) is 2. The van der Waals surface area contributed by atoms with Crippen molar-refractivity contribution >= 4 is 19.4 Å². The van der Waals surface area contributed by atoms with Gasteiger partial charge in [-0.15, -0.1) is 0 Å². The molecule has 2 heterocycles. The van der Waals surface area contributed by atoms with Gasteiger partial charge in [-0.05, 0) is 57.2 Å². The van der Waals surface area contributed by atoms with Gasteiger partial charge < -0.3 is 10.6 Å². The molecule has 3 N–H and O–H groups in total. The van der Waals surface area contributed by atoms with Crippen molar-refractivity contribution in [2.24, 2.45) is 0 Å². The maximum atomic E-state index is 15.4. The lowest BCUT2D eigenvalue weighted by atomic mass is 9.88. The number of amides is 2. The Morgan fingerprint density at radius 1 is 0.868 bits per heavy atom. The predicted octanol–water partition coefficient (Wildman–Crippen LogP) is 4.53. The molecular formula is C29H40N5O3P. The maximum absolute atomic E-state index is 15.4. The fraction of sp³-hybridized carbons (Fsp3) is 0.517. The highest BCUT2D eigenvalue weighted by molar-refractivity contribution is 7.58. The topological polar surface area (TPSA) is 93.8 Å². The Bertz CT molecular complexity index is 1090. The molecule has 2 aliphatic heterocycles. The normalized spacial score (nSPS) is 26.8. The first-order valence-corrected chi connectivity index (χ1v) is 15.6. The van der Waals surface area contributed by atoms with Gasteiger partial charge in [0, 0.05) is 24.2 Å². The van der Waals surface area contributed by atoms with Gasteiger partial charge >= 0.3 is 7.59 Å². The highest BCUT2D eigenvalue weighted by Crippen LogP contribution is 2.66. The van der Waals surface area contributed by atoms with Gasteiger partial charge in [-0.2, -0.15) is 0 Å². The lowest BCUT2D eigenvalue weighted by molar-refractivity contribution is -0.126. The molecule has 3 fully saturated rings. The number of benzene rings is 2. The number of rotatable bonds is 8. The molecule has 38 heavy (non-hydrogen) atoms. The summed E-state index contributed by atoms with van der Waals surface area (Å²) in [6.45, 7) is 4.78. The molecule has 2 aromatic rings. The van der Waals surface area contributed by atoms with E-state index in [1.165, 1.54) is 0 Å². The van der Waals surface area contributed by atoms with Crippen LogP contribution < -0.4 is 15.7 Å². The van der Waals surface area contributed by atoms with Crippen molar-refractivity contribution in [2.75, 3.05) is 13.1 Å². The van der Waals surface area contributed by atoms with E-state index in [1.807, 2.05) is 36.4 Å². The van der Waals surface area contributed by atoms with Crippen LogP contribution >= 0.6 is 7.59 Å². The molecule has 204 valence electrons. The first-order valence-electron chi connectivity index (χ1n) is 14.0. The Morgan fingerprint density at radius 2 is 1.39 bits per heavy atom. The van der Waals surface area contributed by atoms with Gasteiger partial charge in [-0.3, -0.25) is 19.2 Å². The highest BCUT2D eigenvalue weighted by Gasteiger charge is 2.59.